The Kier molecular flexibility index (Phi) is 4.35. The summed E-state index contributed by atoms with van der Waals surface area (Å²) in [5.41, 5.74) is 2.76. The topological polar surface area (TPSA) is 37.3 Å². The van der Waals surface area contributed by atoms with E-state index >= 15 is 0 Å². The molecule has 0 spiro atoms. The zero-order valence-electron chi connectivity index (χ0n) is 9.42. The molecular weight excluding hydrogens is 188 g/mol. The van der Waals surface area contributed by atoms with E-state index in [1.807, 2.05) is 13.0 Å². The number of aryl methyl sites for hydroxylation is 2. The Morgan fingerprint density at radius 1 is 1.33 bits per heavy atom. The summed E-state index contributed by atoms with van der Waals surface area (Å²) in [6, 6.07) is 5.36. The quantitative estimate of drug-likeness (QED) is 0.749. The van der Waals surface area contributed by atoms with Crippen LogP contribution in [0.15, 0.2) is 18.2 Å². The number of hydrogen-bond donors (Lipinski definition) is 1. The zero-order chi connectivity index (χ0) is 11.3. The van der Waals surface area contributed by atoms with Gasteiger partial charge in [-0.25, -0.2) is 4.79 Å². The van der Waals surface area contributed by atoms with Crippen LogP contribution in [0.5, 0.6) is 0 Å². The molecule has 0 amide bonds. The van der Waals surface area contributed by atoms with Gasteiger partial charge in [0.2, 0.25) is 0 Å². The van der Waals surface area contributed by atoms with Crippen LogP contribution in [0.4, 0.5) is 0 Å². The summed E-state index contributed by atoms with van der Waals surface area (Å²) in [5.74, 6) is -0.841. The van der Waals surface area contributed by atoms with Crippen molar-refractivity contribution < 1.29 is 9.90 Å². The highest BCUT2D eigenvalue weighted by Gasteiger charge is 2.05. The Hall–Kier alpha value is -1.31. The van der Waals surface area contributed by atoms with Crippen molar-refractivity contribution in [2.75, 3.05) is 0 Å². The number of carbonyl (C=O) groups is 1. The minimum absolute atomic E-state index is 0.395. The Labute approximate surface area is 90.9 Å². The molecule has 1 aromatic rings. The van der Waals surface area contributed by atoms with Crippen LogP contribution in [0, 0.1) is 6.92 Å². The Balaban J connectivity index is 2.76. The third-order valence-electron chi connectivity index (χ3n) is 2.65. The highest BCUT2D eigenvalue weighted by Crippen LogP contribution is 2.14. The molecule has 1 rings (SSSR count). The highest BCUT2D eigenvalue weighted by molar-refractivity contribution is 5.87. The first-order valence-electron chi connectivity index (χ1n) is 5.48. The van der Waals surface area contributed by atoms with Crippen LogP contribution >= 0.6 is 0 Å². The third-order valence-corrected chi connectivity index (χ3v) is 2.65. The molecular formula is C13H18O2. The molecule has 0 aliphatic carbocycles. The van der Waals surface area contributed by atoms with Gasteiger partial charge >= 0.3 is 5.97 Å². The minimum atomic E-state index is -0.841. The molecule has 0 heterocycles. The predicted molar refractivity (Wildman–Crippen MR) is 61.4 cm³/mol. The molecule has 0 saturated heterocycles. The van der Waals surface area contributed by atoms with Gasteiger partial charge in [0.15, 0.2) is 0 Å². The van der Waals surface area contributed by atoms with Crippen molar-refractivity contribution in [1.82, 2.24) is 0 Å². The first-order valence-corrected chi connectivity index (χ1v) is 5.48. The maximum Gasteiger partial charge on any atom is 0.335 e. The van der Waals surface area contributed by atoms with Crippen molar-refractivity contribution in [2.45, 2.75) is 39.5 Å². The van der Waals surface area contributed by atoms with Gasteiger partial charge in [0.25, 0.3) is 0 Å². The minimum Gasteiger partial charge on any atom is -0.478 e. The maximum absolute atomic E-state index is 10.8. The van der Waals surface area contributed by atoms with Crippen molar-refractivity contribution in [3.8, 4) is 0 Å². The van der Waals surface area contributed by atoms with E-state index in [1.54, 1.807) is 12.1 Å². The van der Waals surface area contributed by atoms with Gasteiger partial charge in [-0.1, -0.05) is 25.8 Å². The number of hydrogen-bond acceptors (Lipinski definition) is 1. The molecule has 0 radical (unpaired) electrons. The number of carboxylic acid groups (broad SMARTS) is 1. The van der Waals surface area contributed by atoms with E-state index < -0.39 is 5.97 Å². The second-order valence-corrected chi connectivity index (χ2v) is 3.90. The van der Waals surface area contributed by atoms with Gasteiger partial charge in [0.1, 0.15) is 0 Å². The summed E-state index contributed by atoms with van der Waals surface area (Å²) < 4.78 is 0. The van der Waals surface area contributed by atoms with Gasteiger partial charge < -0.3 is 5.11 Å². The largest absolute Gasteiger partial charge is 0.478 e. The Morgan fingerprint density at radius 2 is 2.07 bits per heavy atom. The van der Waals surface area contributed by atoms with E-state index in [4.69, 9.17) is 5.11 Å². The van der Waals surface area contributed by atoms with E-state index in [1.165, 1.54) is 24.0 Å². The van der Waals surface area contributed by atoms with Crippen LogP contribution in [-0.2, 0) is 6.42 Å². The van der Waals surface area contributed by atoms with E-state index in [0.717, 1.165) is 12.8 Å². The van der Waals surface area contributed by atoms with Crippen LogP contribution in [0.3, 0.4) is 0 Å². The van der Waals surface area contributed by atoms with Crippen molar-refractivity contribution in [1.29, 1.82) is 0 Å². The van der Waals surface area contributed by atoms with Crippen LogP contribution in [-0.4, -0.2) is 11.1 Å². The summed E-state index contributed by atoms with van der Waals surface area (Å²) in [4.78, 5) is 10.8. The van der Waals surface area contributed by atoms with Crippen molar-refractivity contribution in [3.63, 3.8) is 0 Å². The third kappa shape index (κ3) is 3.39. The summed E-state index contributed by atoms with van der Waals surface area (Å²) in [7, 11) is 0. The first-order chi connectivity index (χ1) is 7.15. The fourth-order valence-corrected chi connectivity index (χ4v) is 1.64. The van der Waals surface area contributed by atoms with E-state index in [-0.39, 0.29) is 0 Å². The SMILES string of the molecule is CCCCCc1cc(C(=O)O)ccc1C. The molecule has 2 nitrogen and oxygen atoms in total. The molecule has 0 aromatic heterocycles. The number of carboxylic acids is 1. The Morgan fingerprint density at radius 3 is 2.67 bits per heavy atom. The fourth-order valence-electron chi connectivity index (χ4n) is 1.64. The lowest BCUT2D eigenvalue weighted by atomic mass is 10.00. The van der Waals surface area contributed by atoms with Gasteiger partial charge in [-0.15, -0.1) is 0 Å². The molecule has 0 fully saturated rings. The van der Waals surface area contributed by atoms with Crippen molar-refractivity contribution >= 4 is 5.97 Å². The van der Waals surface area contributed by atoms with Crippen molar-refractivity contribution in [3.05, 3.63) is 34.9 Å². The van der Waals surface area contributed by atoms with Crippen LogP contribution in [0.1, 0.15) is 47.7 Å². The number of aromatic carboxylic acids is 1. The van der Waals surface area contributed by atoms with Crippen LogP contribution in [0.2, 0.25) is 0 Å². The molecule has 0 aliphatic rings. The monoisotopic (exact) mass is 206 g/mol. The van der Waals surface area contributed by atoms with E-state index in [2.05, 4.69) is 6.92 Å². The maximum atomic E-state index is 10.8. The lowest BCUT2D eigenvalue weighted by Crippen LogP contribution is -1.99. The fraction of sp³-hybridized carbons (Fsp3) is 0.462. The van der Waals surface area contributed by atoms with Crippen molar-refractivity contribution in [2.24, 2.45) is 0 Å². The first kappa shape index (κ1) is 11.8. The normalized spacial score (nSPS) is 10.3. The lowest BCUT2D eigenvalue weighted by Gasteiger charge is -2.06. The standard InChI is InChI=1S/C13H18O2/c1-3-4-5-6-11-9-12(13(14)15)8-7-10(11)2/h7-9H,3-6H2,1-2H3,(H,14,15). The van der Waals surface area contributed by atoms with Gasteiger partial charge in [-0.2, -0.15) is 0 Å². The Bertz CT molecular complexity index is 342. The van der Waals surface area contributed by atoms with Gasteiger partial charge in [0, 0.05) is 0 Å². The summed E-state index contributed by atoms with van der Waals surface area (Å²) in [5, 5.41) is 8.87. The van der Waals surface area contributed by atoms with Gasteiger partial charge in [-0.3, -0.25) is 0 Å². The molecule has 82 valence electrons. The summed E-state index contributed by atoms with van der Waals surface area (Å²) >= 11 is 0. The molecule has 0 saturated carbocycles. The summed E-state index contributed by atoms with van der Waals surface area (Å²) in [6.07, 6.45) is 4.52. The molecule has 1 N–H and O–H groups in total. The zero-order valence-corrected chi connectivity index (χ0v) is 9.42. The van der Waals surface area contributed by atoms with Gasteiger partial charge in [-0.05, 0) is 43.0 Å². The molecule has 0 aliphatic heterocycles. The van der Waals surface area contributed by atoms with Crippen LogP contribution in [0.25, 0.3) is 0 Å². The molecule has 0 bridgehead atoms. The molecule has 0 atom stereocenters. The lowest BCUT2D eigenvalue weighted by molar-refractivity contribution is 0.0697. The average Bonchev–Trinajstić information content (AvgIpc) is 2.20. The summed E-state index contributed by atoms with van der Waals surface area (Å²) in [6.45, 7) is 4.20. The highest BCUT2D eigenvalue weighted by atomic mass is 16.4. The van der Waals surface area contributed by atoms with E-state index in [0.29, 0.717) is 5.56 Å². The second kappa shape index (κ2) is 5.54. The molecule has 15 heavy (non-hydrogen) atoms. The van der Waals surface area contributed by atoms with E-state index in [9.17, 15) is 4.79 Å². The van der Waals surface area contributed by atoms with Crippen LogP contribution < -0.4 is 0 Å². The second-order valence-electron chi connectivity index (χ2n) is 3.90. The van der Waals surface area contributed by atoms with Gasteiger partial charge in [0.05, 0.1) is 5.56 Å². The smallest absolute Gasteiger partial charge is 0.335 e. The number of rotatable bonds is 5. The molecule has 0 unspecified atom stereocenters. The number of benzene rings is 1. The molecule has 1 aromatic carbocycles. The molecule has 2 heteroatoms. The predicted octanol–water partition coefficient (Wildman–Crippen LogP) is 3.43. The number of unbranched alkanes of at least 4 members (excludes halogenated alkanes) is 2. The average molecular weight is 206 g/mol.